The maximum absolute atomic E-state index is 13.4. The molecule has 2 heterocycles. The van der Waals surface area contributed by atoms with Gasteiger partial charge < -0.3 is 24.8 Å². The summed E-state index contributed by atoms with van der Waals surface area (Å²) in [5, 5.41) is 5.72. The van der Waals surface area contributed by atoms with E-state index in [-0.39, 0.29) is 18.6 Å². The third-order valence-corrected chi connectivity index (χ3v) is 4.82. The molecule has 4 rings (SSSR count). The van der Waals surface area contributed by atoms with Gasteiger partial charge in [0.05, 0.1) is 13.2 Å². The molecule has 2 N–H and O–H groups in total. The SMILES string of the molecule is COc1ccc2c(c1)OCC(NC(=O)NCc1cccnc1Oc1cccc(F)c1)C2. The highest BCUT2D eigenvalue weighted by Crippen LogP contribution is 2.29. The Morgan fingerprint density at radius 3 is 2.94 bits per heavy atom. The van der Waals surface area contributed by atoms with E-state index >= 15 is 0 Å². The van der Waals surface area contributed by atoms with Gasteiger partial charge in [0.25, 0.3) is 0 Å². The van der Waals surface area contributed by atoms with Crippen LogP contribution >= 0.6 is 0 Å². The topological polar surface area (TPSA) is 81.7 Å². The molecule has 0 bridgehead atoms. The van der Waals surface area contributed by atoms with Crippen LogP contribution in [0.1, 0.15) is 11.1 Å². The Kier molecular flexibility index (Phi) is 6.16. The van der Waals surface area contributed by atoms with E-state index in [0.29, 0.717) is 30.2 Å². The van der Waals surface area contributed by atoms with Gasteiger partial charge in [-0.1, -0.05) is 18.2 Å². The molecule has 1 aliphatic heterocycles. The van der Waals surface area contributed by atoms with Gasteiger partial charge in [-0.3, -0.25) is 0 Å². The van der Waals surface area contributed by atoms with Crippen molar-refractivity contribution < 1.29 is 23.4 Å². The molecule has 0 saturated heterocycles. The molecule has 0 radical (unpaired) electrons. The minimum Gasteiger partial charge on any atom is -0.497 e. The van der Waals surface area contributed by atoms with Crippen LogP contribution in [-0.2, 0) is 13.0 Å². The van der Waals surface area contributed by atoms with E-state index < -0.39 is 5.82 Å². The van der Waals surface area contributed by atoms with Crippen molar-refractivity contribution in [2.24, 2.45) is 0 Å². The largest absolute Gasteiger partial charge is 0.497 e. The van der Waals surface area contributed by atoms with Crippen molar-refractivity contribution in [1.29, 1.82) is 0 Å². The molecule has 160 valence electrons. The van der Waals surface area contributed by atoms with Crippen LogP contribution in [0.2, 0.25) is 0 Å². The molecule has 1 atom stereocenters. The average Bonchev–Trinajstić information content (AvgIpc) is 2.78. The summed E-state index contributed by atoms with van der Waals surface area (Å²) in [5.74, 6) is 1.74. The predicted molar refractivity (Wildman–Crippen MR) is 112 cm³/mol. The second-order valence-electron chi connectivity index (χ2n) is 7.04. The highest BCUT2D eigenvalue weighted by molar-refractivity contribution is 5.74. The van der Waals surface area contributed by atoms with Crippen LogP contribution in [0.3, 0.4) is 0 Å². The third-order valence-electron chi connectivity index (χ3n) is 4.82. The number of ether oxygens (including phenoxy) is 3. The minimum absolute atomic E-state index is 0.155. The molecule has 1 aliphatic rings. The fourth-order valence-electron chi connectivity index (χ4n) is 3.28. The van der Waals surface area contributed by atoms with Crippen molar-refractivity contribution in [3.05, 3.63) is 77.7 Å². The molecular weight excluding hydrogens is 401 g/mol. The minimum atomic E-state index is -0.401. The number of aromatic nitrogens is 1. The maximum Gasteiger partial charge on any atom is 0.315 e. The highest BCUT2D eigenvalue weighted by Gasteiger charge is 2.22. The number of amides is 2. The van der Waals surface area contributed by atoms with Gasteiger partial charge in [-0.15, -0.1) is 0 Å². The average molecular weight is 423 g/mol. The van der Waals surface area contributed by atoms with Gasteiger partial charge in [0.2, 0.25) is 5.88 Å². The lowest BCUT2D eigenvalue weighted by Gasteiger charge is -2.26. The number of pyridine rings is 1. The zero-order valence-electron chi connectivity index (χ0n) is 16.9. The van der Waals surface area contributed by atoms with E-state index in [9.17, 15) is 9.18 Å². The number of methoxy groups -OCH3 is 1. The Hall–Kier alpha value is -3.81. The Morgan fingerprint density at radius 2 is 2.10 bits per heavy atom. The summed E-state index contributed by atoms with van der Waals surface area (Å²) in [4.78, 5) is 16.6. The molecule has 2 amide bonds. The monoisotopic (exact) mass is 423 g/mol. The van der Waals surface area contributed by atoms with Crippen LogP contribution in [0.5, 0.6) is 23.1 Å². The second kappa shape index (κ2) is 9.34. The van der Waals surface area contributed by atoms with Crippen molar-refractivity contribution in [3.63, 3.8) is 0 Å². The fourth-order valence-corrected chi connectivity index (χ4v) is 3.28. The standard InChI is InChI=1S/C23H22FN3O4/c1-29-19-8-7-15-10-18(14-30-21(15)12-19)27-23(28)26-13-16-4-3-9-25-22(16)31-20-6-2-5-17(24)11-20/h2-9,11-12,18H,10,13-14H2,1H3,(H2,26,27,28). The van der Waals surface area contributed by atoms with Crippen molar-refractivity contribution in [1.82, 2.24) is 15.6 Å². The molecule has 1 unspecified atom stereocenters. The number of carbonyl (C=O) groups is 1. The Balaban J connectivity index is 1.33. The molecule has 31 heavy (non-hydrogen) atoms. The number of rotatable bonds is 6. The number of nitrogens with one attached hydrogen (secondary N) is 2. The molecule has 1 aromatic heterocycles. The van der Waals surface area contributed by atoms with Crippen molar-refractivity contribution in [2.75, 3.05) is 13.7 Å². The first-order valence-corrected chi connectivity index (χ1v) is 9.82. The number of carbonyl (C=O) groups excluding carboxylic acids is 1. The highest BCUT2D eigenvalue weighted by atomic mass is 19.1. The Morgan fingerprint density at radius 1 is 1.19 bits per heavy atom. The zero-order valence-corrected chi connectivity index (χ0v) is 16.9. The molecular formula is C23H22FN3O4. The van der Waals surface area contributed by atoms with Gasteiger partial charge in [-0.25, -0.2) is 14.2 Å². The van der Waals surface area contributed by atoms with E-state index in [4.69, 9.17) is 14.2 Å². The van der Waals surface area contributed by atoms with E-state index in [2.05, 4.69) is 15.6 Å². The molecule has 2 aromatic carbocycles. The van der Waals surface area contributed by atoms with Crippen LogP contribution in [0.25, 0.3) is 0 Å². The summed E-state index contributed by atoms with van der Waals surface area (Å²) in [5.41, 5.74) is 1.68. The summed E-state index contributed by atoms with van der Waals surface area (Å²) < 4.78 is 30.0. The number of fused-ring (bicyclic) bond motifs is 1. The maximum atomic E-state index is 13.4. The number of halogens is 1. The number of nitrogens with zero attached hydrogens (tertiary/aromatic N) is 1. The van der Waals surface area contributed by atoms with E-state index in [1.807, 2.05) is 18.2 Å². The summed E-state index contributed by atoms with van der Waals surface area (Å²) in [6, 6.07) is 14.5. The third kappa shape index (κ3) is 5.22. The van der Waals surface area contributed by atoms with Gasteiger partial charge in [-0.05, 0) is 36.2 Å². The van der Waals surface area contributed by atoms with E-state index in [1.54, 1.807) is 37.6 Å². The molecule has 0 saturated carbocycles. The predicted octanol–water partition coefficient (Wildman–Crippen LogP) is 3.82. The van der Waals surface area contributed by atoms with Gasteiger partial charge in [0.15, 0.2) is 0 Å². The smallest absolute Gasteiger partial charge is 0.315 e. The number of urea groups is 1. The van der Waals surface area contributed by atoms with Gasteiger partial charge in [-0.2, -0.15) is 0 Å². The van der Waals surface area contributed by atoms with Gasteiger partial charge >= 0.3 is 6.03 Å². The van der Waals surface area contributed by atoms with Crippen LogP contribution < -0.4 is 24.8 Å². The molecule has 8 heteroatoms. The summed E-state index contributed by atoms with van der Waals surface area (Å²) in [7, 11) is 1.61. The Bertz CT molecular complexity index is 1080. The lowest BCUT2D eigenvalue weighted by atomic mass is 10.0. The van der Waals surface area contributed by atoms with Crippen LogP contribution in [0.15, 0.2) is 60.8 Å². The van der Waals surface area contributed by atoms with Crippen molar-refractivity contribution in [2.45, 2.75) is 19.0 Å². The molecule has 0 spiro atoms. The molecule has 3 aromatic rings. The molecule has 0 fully saturated rings. The lowest BCUT2D eigenvalue weighted by Crippen LogP contribution is -2.47. The van der Waals surface area contributed by atoms with E-state index in [1.165, 1.54) is 12.1 Å². The molecule has 7 nitrogen and oxygen atoms in total. The Labute approximate surface area is 179 Å². The fraction of sp³-hybridized carbons (Fsp3) is 0.217. The van der Waals surface area contributed by atoms with Crippen LogP contribution in [-0.4, -0.2) is 30.8 Å². The number of hydrogen-bond donors (Lipinski definition) is 2. The summed E-state index contributed by atoms with van der Waals surface area (Å²) in [6.45, 7) is 0.570. The van der Waals surface area contributed by atoms with Crippen LogP contribution in [0, 0.1) is 5.82 Å². The zero-order chi connectivity index (χ0) is 21.6. The van der Waals surface area contributed by atoms with Crippen molar-refractivity contribution in [3.8, 4) is 23.1 Å². The normalized spacial score (nSPS) is 14.7. The number of benzene rings is 2. The first-order valence-electron chi connectivity index (χ1n) is 9.82. The first-order chi connectivity index (χ1) is 15.1. The van der Waals surface area contributed by atoms with Gasteiger partial charge in [0.1, 0.15) is 29.7 Å². The van der Waals surface area contributed by atoms with Gasteiger partial charge in [0, 0.05) is 30.4 Å². The van der Waals surface area contributed by atoms with Crippen molar-refractivity contribution >= 4 is 6.03 Å². The first kappa shape index (κ1) is 20.5. The summed E-state index contributed by atoms with van der Waals surface area (Å²) >= 11 is 0. The lowest BCUT2D eigenvalue weighted by molar-refractivity contribution is 0.213. The molecule has 0 aliphatic carbocycles. The quantitative estimate of drug-likeness (QED) is 0.630. The summed E-state index contributed by atoms with van der Waals surface area (Å²) in [6.07, 6.45) is 2.23. The number of hydrogen-bond acceptors (Lipinski definition) is 5. The van der Waals surface area contributed by atoms with E-state index in [0.717, 1.165) is 17.1 Å². The van der Waals surface area contributed by atoms with Crippen LogP contribution in [0.4, 0.5) is 9.18 Å². The second-order valence-corrected chi connectivity index (χ2v) is 7.04.